The van der Waals surface area contributed by atoms with Gasteiger partial charge in [-0.25, -0.2) is 0 Å². The van der Waals surface area contributed by atoms with E-state index < -0.39 is 0 Å². The normalized spacial score (nSPS) is 12.4. The summed E-state index contributed by atoms with van der Waals surface area (Å²) in [5, 5.41) is 3.44. The Morgan fingerprint density at radius 3 is 2.74 bits per heavy atom. The highest BCUT2D eigenvalue weighted by atomic mass is 79.9. The molecule has 4 heteroatoms. The molecule has 0 aliphatic rings. The van der Waals surface area contributed by atoms with Crippen LogP contribution in [-0.2, 0) is 13.0 Å². The molecule has 0 amide bonds. The van der Waals surface area contributed by atoms with Gasteiger partial charge in [0, 0.05) is 6.04 Å². The number of nitrogens with one attached hydrogen (secondary N) is 1. The van der Waals surface area contributed by atoms with Gasteiger partial charge in [0.15, 0.2) is 4.67 Å². The Labute approximate surface area is 122 Å². The number of benzene rings is 1. The third-order valence-corrected chi connectivity index (χ3v) is 3.40. The molecular formula is C15H18BrNO2. The van der Waals surface area contributed by atoms with Gasteiger partial charge in [0.25, 0.3) is 0 Å². The third kappa shape index (κ3) is 4.11. The van der Waals surface area contributed by atoms with Gasteiger partial charge >= 0.3 is 0 Å². The molecule has 1 unspecified atom stereocenters. The number of ether oxygens (including phenoxy) is 1. The number of methoxy groups -OCH3 is 1. The van der Waals surface area contributed by atoms with Crippen LogP contribution in [0.2, 0.25) is 0 Å². The van der Waals surface area contributed by atoms with Crippen LogP contribution in [0, 0.1) is 0 Å². The highest BCUT2D eigenvalue weighted by Crippen LogP contribution is 2.19. The maximum absolute atomic E-state index is 5.46. The van der Waals surface area contributed by atoms with E-state index in [4.69, 9.17) is 9.15 Å². The molecule has 1 N–H and O–H groups in total. The average Bonchev–Trinajstić information content (AvgIpc) is 2.83. The highest BCUT2D eigenvalue weighted by molar-refractivity contribution is 9.10. The van der Waals surface area contributed by atoms with Crippen molar-refractivity contribution in [3.63, 3.8) is 0 Å². The molecule has 0 aliphatic heterocycles. The Bertz CT molecular complexity index is 524. The van der Waals surface area contributed by atoms with Crippen molar-refractivity contribution in [1.29, 1.82) is 0 Å². The molecule has 0 aliphatic carbocycles. The molecule has 1 aromatic carbocycles. The molecule has 0 saturated heterocycles. The Balaban J connectivity index is 1.88. The van der Waals surface area contributed by atoms with E-state index in [2.05, 4.69) is 34.2 Å². The first-order chi connectivity index (χ1) is 9.19. The van der Waals surface area contributed by atoms with Crippen LogP contribution in [0.25, 0.3) is 0 Å². The molecule has 2 rings (SSSR count). The Hall–Kier alpha value is -1.26. The number of hydrogen-bond donors (Lipinski definition) is 1. The second kappa shape index (κ2) is 6.78. The predicted octanol–water partition coefficient (Wildman–Crippen LogP) is 3.77. The number of hydrogen-bond acceptors (Lipinski definition) is 3. The zero-order valence-corrected chi connectivity index (χ0v) is 12.7. The second-order valence-electron chi connectivity index (χ2n) is 4.50. The van der Waals surface area contributed by atoms with Crippen LogP contribution >= 0.6 is 15.9 Å². The van der Waals surface area contributed by atoms with E-state index in [9.17, 15) is 0 Å². The monoisotopic (exact) mass is 323 g/mol. The lowest BCUT2D eigenvalue weighted by Crippen LogP contribution is -2.27. The molecule has 1 atom stereocenters. The third-order valence-electron chi connectivity index (χ3n) is 2.97. The summed E-state index contributed by atoms with van der Waals surface area (Å²) in [6.07, 6.45) is 0.923. The van der Waals surface area contributed by atoms with E-state index in [0.717, 1.165) is 29.1 Å². The van der Waals surface area contributed by atoms with Crippen molar-refractivity contribution >= 4 is 15.9 Å². The number of para-hydroxylation sites is 1. The SMILES string of the molecule is COc1ccccc1CC(C)NCc1ccc(Br)o1. The van der Waals surface area contributed by atoms with Gasteiger partial charge in [-0.15, -0.1) is 0 Å². The van der Waals surface area contributed by atoms with E-state index in [1.807, 2.05) is 30.3 Å². The van der Waals surface area contributed by atoms with Gasteiger partial charge in [-0.2, -0.15) is 0 Å². The smallest absolute Gasteiger partial charge is 0.169 e. The van der Waals surface area contributed by atoms with Gasteiger partial charge < -0.3 is 14.5 Å². The van der Waals surface area contributed by atoms with Crippen molar-refractivity contribution in [2.24, 2.45) is 0 Å². The fourth-order valence-electron chi connectivity index (χ4n) is 2.00. The van der Waals surface area contributed by atoms with Gasteiger partial charge in [0.05, 0.1) is 13.7 Å². The summed E-state index contributed by atoms with van der Waals surface area (Å²) in [5.41, 5.74) is 1.21. The fourth-order valence-corrected chi connectivity index (χ4v) is 2.34. The first-order valence-corrected chi connectivity index (χ1v) is 7.08. The molecule has 3 nitrogen and oxygen atoms in total. The number of furan rings is 1. The lowest BCUT2D eigenvalue weighted by molar-refractivity contribution is 0.403. The molecule has 0 fully saturated rings. The minimum Gasteiger partial charge on any atom is -0.496 e. The van der Waals surface area contributed by atoms with E-state index in [1.165, 1.54) is 5.56 Å². The van der Waals surface area contributed by atoms with Crippen molar-refractivity contribution in [3.8, 4) is 5.75 Å². The lowest BCUT2D eigenvalue weighted by atomic mass is 10.1. The largest absolute Gasteiger partial charge is 0.496 e. The van der Waals surface area contributed by atoms with E-state index in [1.54, 1.807) is 7.11 Å². The Morgan fingerprint density at radius 2 is 2.05 bits per heavy atom. The summed E-state index contributed by atoms with van der Waals surface area (Å²) in [5.74, 6) is 1.87. The molecule has 0 bridgehead atoms. The minimum atomic E-state index is 0.347. The van der Waals surface area contributed by atoms with Crippen molar-refractivity contribution in [1.82, 2.24) is 5.32 Å². The van der Waals surface area contributed by atoms with Crippen LogP contribution in [0.4, 0.5) is 0 Å². The van der Waals surface area contributed by atoms with Crippen LogP contribution < -0.4 is 10.1 Å². The van der Waals surface area contributed by atoms with Gasteiger partial charge in [-0.05, 0) is 53.0 Å². The van der Waals surface area contributed by atoms with E-state index in [0.29, 0.717) is 6.04 Å². The van der Waals surface area contributed by atoms with E-state index >= 15 is 0 Å². The molecule has 102 valence electrons. The summed E-state index contributed by atoms with van der Waals surface area (Å²) in [4.78, 5) is 0. The van der Waals surface area contributed by atoms with Crippen LogP contribution in [-0.4, -0.2) is 13.2 Å². The molecule has 19 heavy (non-hydrogen) atoms. The Kier molecular flexibility index (Phi) is 5.05. The van der Waals surface area contributed by atoms with Crippen LogP contribution in [0.3, 0.4) is 0 Å². The summed E-state index contributed by atoms with van der Waals surface area (Å²) in [6, 6.07) is 12.3. The number of halogens is 1. The van der Waals surface area contributed by atoms with Crippen molar-refractivity contribution < 1.29 is 9.15 Å². The molecule has 0 spiro atoms. The molecule has 1 heterocycles. The minimum absolute atomic E-state index is 0.347. The Morgan fingerprint density at radius 1 is 1.26 bits per heavy atom. The van der Waals surface area contributed by atoms with Gasteiger partial charge in [0.1, 0.15) is 11.5 Å². The molecule has 0 saturated carbocycles. The first-order valence-electron chi connectivity index (χ1n) is 6.28. The zero-order chi connectivity index (χ0) is 13.7. The molecule has 2 aromatic rings. The zero-order valence-electron chi connectivity index (χ0n) is 11.2. The van der Waals surface area contributed by atoms with Crippen LogP contribution in [0.1, 0.15) is 18.2 Å². The standard InChI is InChI=1S/C15H18BrNO2/c1-11(17-10-13-7-8-15(16)19-13)9-12-5-3-4-6-14(12)18-2/h3-8,11,17H,9-10H2,1-2H3. The average molecular weight is 324 g/mol. The number of rotatable bonds is 6. The summed E-state index contributed by atoms with van der Waals surface area (Å²) in [6.45, 7) is 2.88. The van der Waals surface area contributed by atoms with Crippen molar-refractivity contribution in [3.05, 3.63) is 52.4 Å². The van der Waals surface area contributed by atoms with Crippen molar-refractivity contribution in [2.45, 2.75) is 25.9 Å². The highest BCUT2D eigenvalue weighted by Gasteiger charge is 2.08. The van der Waals surface area contributed by atoms with Crippen molar-refractivity contribution in [2.75, 3.05) is 7.11 Å². The van der Waals surface area contributed by atoms with Gasteiger partial charge in [-0.3, -0.25) is 0 Å². The first kappa shape index (κ1) is 14.2. The summed E-state index contributed by atoms with van der Waals surface area (Å²) < 4.78 is 11.6. The lowest BCUT2D eigenvalue weighted by Gasteiger charge is -2.15. The van der Waals surface area contributed by atoms with Crippen LogP contribution in [0.5, 0.6) is 5.75 Å². The topological polar surface area (TPSA) is 34.4 Å². The maximum Gasteiger partial charge on any atom is 0.169 e. The van der Waals surface area contributed by atoms with Gasteiger partial charge in [-0.1, -0.05) is 18.2 Å². The van der Waals surface area contributed by atoms with E-state index in [-0.39, 0.29) is 0 Å². The molecular weight excluding hydrogens is 306 g/mol. The molecule has 0 radical (unpaired) electrons. The summed E-state index contributed by atoms with van der Waals surface area (Å²) in [7, 11) is 1.71. The molecule has 1 aromatic heterocycles. The second-order valence-corrected chi connectivity index (χ2v) is 5.29. The fraction of sp³-hybridized carbons (Fsp3) is 0.333. The quantitative estimate of drug-likeness (QED) is 0.878. The predicted molar refractivity (Wildman–Crippen MR) is 79.4 cm³/mol. The van der Waals surface area contributed by atoms with Gasteiger partial charge in [0.2, 0.25) is 0 Å². The van der Waals surface area contributed by atoms with Crippen LogP contribution in [0.15, 0.2) is 45.5 Å². The summed E-state index contributed by atoms with van der Waals surface area (Å²) >= 11 is 3.30. The maximum atomic E-state index is 5.46.